The first-order valence-electron chi connectivity index (χ1n) is 17.5. The highest BCUT2D eigenvalue weighted by atomic mass is 31.2. The molecular formula is C36H75OP. The fourth-order valence-corrected chi connectivity index (χ4v) is 13.8. The van der Waals surface area contributed by atoms with E-state index in [0.29, 0.717) is 0 Å². The minimum Gasteiger partial charge on any atom is -0.322 e. The van der Waals surface area contributed by atoms with Crippen LogP contribution in [-0.4, -0.2) is 15.5 Å². The van der Waals surface area contributed by atoms with E-state index in [1.54, 1.807) is 0 Å². The Morgan fingerprint density at radius 2 is 0.526 bits per heavy atom. The third-order valence-corrected chi connectivity index (χ3v) is 15.5. The van der Waals surface area contributed by atoms with Crippen LogP contribution >= 0.6 is 7.14 Å². The summed E-state index contributed by atoms with van der Waals surface area (Å²) >= 11 is 0. The third kappa shape index (κ3) is 13.7. The lowest BCUT2D eigenvalue weighted by molar-refractivity contribution is 0.408. The summed E-state index contributed by atoms with van der Waals surface area (Å²) in [7, 11) is -2.53. The van der Waals surface area contributed by atoms with Gasteiger partial charge >= 0.3 is 0 Å². The molecule has 0 unspecified atom stereocenters. The van der Waals surface area contributed by atoms with Gasteiger partial charge in [0.1, 0.15) is 7.14 Å². The predicted molar refractivity (Wildman–Crippen MR) is 178 cm³/mol. The molecule has 0 saturated carbocycles. The van der Waals surface area contributed by atoms with Crippen molar-refractivity contribution in [3.05, 3.63) is 0 Å². The maximum absolute atomic E-state index is 15.7. The highest BCUT2D eigenvalue weighted by molar-refractivity contribution is 7.68. The first kappa shape index (κ1) is 38.2. The molecule has 0 aromatic carbocycles. The van der Waals surface area contributed by atoms with E-state index in [-0.39, 0.29) is 15.5 Å². The summed E-state index contributed by atoms with van der Waals surface area (Å²) in [5.74, 6) is 0. The quantitative estimate of drug-likeness (QED) is 0.0729. The molecule has 38 heavy (non-hydrogen) atoms. The van der Waals surface area contributed by atoms with Crippen LogP contribution in [0.3, 0.4) is 0 Å². The van der Waals surface area contributed by atoms with Crippen LogP contribution in [0.4, 0.5) is 0 Å². The fourth-order valence-electron chi connectivity index (χ4n) is 7.47. The molecular weight excluding hydrogens is 479 g/mol. The Hall–Kier alpha value is 0.230. The Balaban J connectivity index is 5.35. The van der Waals surface area contributed by atoms with E-state index >= 15 is 4.57 Å². The molecule has 230 valence electrons. The molecule has 0 N–H and O–H groups in total. The van der Waals surface area contributed by atoms with Gasteiger partial charge in [-0.3, -0.25) is 0 Å². The van der Waals surface area contributed by atoms with Crippen molar-refractivity contribution in [2.45, 2.75) is 232 Å². The zero-order chi connectivity index (χ0) is 29.0. The van der Waals surface area contributed by atoms with E-state index in [0.717, 1.165) is 19.3 Å². The second-order valence-corrected chi connectivity index (χ2v) is 19.5. The average Bonchev–Trinajstić information content (AvgIpc) is 2.86. The molecule has 1 nitrogen and oxygen atoms in total. The van der Waals surface area contributed by atoms with Crippen molar-refractivity contribution in [1.82, 2.24) is 0 Å². The Morgan fingerprint density at radius 3 is 0.737 bits per heavy atom. The first-order valence-corrected chi connectivity index (χ1v) is 19.2. The lowest BCUT2D eigenvalue weighted by Gasteiger charge is -2.53. The standard InChI is InChI=1S/C36H75OP/c1-10-13-16-19-22-25-28-31-34(4,5)38(37,35(6,7)32-29-26-23-20-17-14-11-2)36(8,9)33-30-27-24-21-18-15-12-3/h10-33H2,1-9H3. The van der Waals surface area contributed by atoms with Crippen molar-refractivity contribution in [3.8, 4) is 0 Å². The zero-order valence-electron chi connectivity index (χ0n) is 28.3. The number of hydrogen-bond donors (Lipinski definition) is 0. The summed E-state index contributed by atoms with van der Waals surface area (Å²) in [5, 5.41) is -0.275. The van der Waals surface area contributed by atoms with Crippen LogP contribution in [0, 0.1) is 0 Å². The topological polar surface area (TPSA) is 17.1 Å². The van der Waals surface area contributed by atoms with E-state index in [9.17, 15) is 0 Å². The summed E-state index contributed by atoms with van der Waals surface area (Å²) in [6, 6.07) is 0. The predicted octanol–water partition coefficient (Wildman–Crippen LogP) is 14.1. The molecule has 0 heterocycles. The molecule has 0 amide bonds. The van der Waals surface area contributed by atoms with Crippen molar-refractivity contribution >= 4 is 7.14 Å². The summed E-state index contributed by atoms with van der Waals surface area (Å²) < 4.78 is 15.7. The molecule has 0 bridgehead atoms. The van der Waals surface area contributed by atoms with Crippen molar-refractivity contribution < 1.29 is 4.57 Å². The molecule has 0 aromatic heterocycles. The number of unbranched alkanes of at least 4 members (excludes halogenated alkanes) is 18. The van der Waals surface area contributed by atoms with Crippen molar-refractivity contribution in [1.29, 1.82) is 0 Å². The highest BCUT2D eigenvalue weighted by Gasteiger charge is 2.57. The molecule has 0 fully saturated rings. The smallest absolute Gasteiger partial charge is 0.104 e. The normalized spacial score (nSPS) is 13.4. The maximum Gasteiger partial charge on any atom is 0.104 e. The van der Waals surface area contributed by atoms with Crippen LogP contribution in [0.15, 0.2) is 0 Å². The van der Waals surface area contributed by atoms with Gasteiger partial charge in [-0.2, -0.15) is 0 Å². The highest BCUT2D eigenvalue weighted by Crippen LogP contribution is 2.77. The molecule has 0 aliphatic rings. The van der Waals surface area contributed by atoms with Crippen LogP contribution in [0.5, 0.6) is 0 Å². The summed E-state index contributed by atoms with van der Waals surface area (Å²) in [4.78, 5) is 0. The summed E-state index contributed by atoms with van der Waals surface area (Å²) in [5.41, 5.74) is 0. The molecule has 0 radical (unpaired) electrons. The van der Waals surface area contributed by atoms with Crippen molar-refractivity contribution in [2.24, 2.45) is 0 Å². The fraction of sp³-hybridized carbons (Fsp3) is 1.00. The maximum atomic E-state index is 15.7. The van der Waals surface area contributed by atoms with Gasteiger partial charge in [-0.25, -0.2) is 0 Å². The lowest BCUT2D eigenvalue weighted by Crippen LogP contribution is -2.43. The van der Waals surface area contributed by atoms with E-state index in [4.69, 9.17) is 0 Å². The Bertz CT molecular complexity index is 507. The largest absolute Gasteiger partial charge is 0.322 e. The number of rotatable bonds is 27. The van der Waals surface area contributed by atoms with Crippen LogP contribution in [0.1, 0.15) is 216 Å². The van der Waals surface area contributed by atoms with Crippen LogP contribution in [-0.2, 0) is 4.57 Å². The molecule has 0 atom stereocenters. The minimum atomic E-state index is -2.53. The van der Waals surface area contributed by atoms with Crippen LogP contribution in [0.25, 0.3) is 0 Å². The average molecular weight is 555 g/mol. The van der Waals surface area contributed by atoms with Crippen molar-refractivity contribution in [2.75, 3.05) is 0 Å². The zero-order valence-corrected chi connectivity index (χ0v) is 29.2. The Labute approximate surface area is 243 Å². The van der Waals surface area contributed by atoms with Gasteiger partial charge < -0.3 is 4.57 Å². The molecule has 2 heteroatoms. The van der Waals surface area contributed by atoms with Gasteiger partial charge in [-0.1, -0.05) is 197 Å². The van der Waals surface area contributed by atoms with Gasteiger partial charge in [0.05, 0.1) is 0 Å². The Morgan fingerprint density at radius 1 is 0.342 bits per heavy atom. The van der Waals surface area contributed by atoms with Gasteiger partial charge in [-0.15, -0.1) is 0 Å². The van der Waals surface area contributed by atoms with Crippen LogP contribution < -0.4 is 0 Å². The van der Waals surface area contributed by atoms with E-state index < -0.39 is 7.14 Å². The Kier molecular flexibility index (Phi) is 21.1. The summed E-state index contributed by atoms with van der Waals surface area (Å²) in [6.07, 6.45) is 31.4. The van der Waals surface area contributed by atoms with E-state index in [2.05, 4.69) is 62.3 Å². The van der Waals surface area contributed by atoms with E-state index in [1.165, 1.54) is 135 Å². The molecule has 0 aliphatic heterocycles. The summed E-state index contributed by atoms with van der Waals surface area (Å²) in [6.45, 7) is 21.2. The van der Waals surface area contributed by atoms with Crippen LogP contribution in [0.2, 0.25) is 0 Å². The second kappa shape index (κ2) is 21.0. The second-order valence-electron chi connectivity index (χ2n) is 14.7. The van der Waals surface area contributed by atoms with Crippen molar-refractivity contribution in [3.63, 3.8) is 0 Å². The SMILES string of the molecule is CCCCCCCCCC(C)(C)P(=O)(C(C)(C)CCCCCCCCC)C(C)(C)CCCCCCCCC. The van der Waals surface area contributed by atoms with Gasteiger partial charge in [0, 0.05) is 15.5 Å². The lowest BCUT2D eigenvalue weighted by atomic mass is 10.0. The van der Waals surface area contributed by atoms with Gasteiger partial charge in [0.2, 0.25) is 0 Å². The molecule has 0 aliphatic carbocycles. The minimum absolute atomic E-state index is 0.0916. The molecule has 0 rings (SSSR count). The molecule has 0 saturated heterocycles. The van der Waals surface area contributed by atoms with Gasteiger partial charge in [0.15, 0.2) is 0 Å². The molecule has 0 spiro atoms. The van der Waals surface area contributed by atoms with Gasteiger partial charge in [-0.05, 0) is 19.3 Å². The number of hydrogen-bond acceptors (Lipinski definition) is 1. The monoisotopic (exact) mass is 555 g/mol. The van der Waals surface area contributed by atoms with E-state index in [1.807, 2.05) is 0 Å². The first-order chi connectivity index (χ1) is 17.9. The van der Waals surface area contributed by atoms with Gasteiger partial charge in [0.25, 0.3) is 0 Å². The third-order valence-electron chi connectivity index (χ3n) is 9.73. The molecule has 0 aromatic rings.